The molecule has 4 rings (SSSR count). The van der Waals surface area contributed by atoms with E-state index in [0.29, 0.717) is 32.5 Å². The van der Waals surface area contributed by atoms with Crippen LogP contribution in [0.25, 0.3) is 0 Å². The van der Waals surface area contributed by atoms with Crippen LogP contribution in [0.5, 0.6) is 0 Å². The van der Waals surface area contributed by atoms with Crippen molar-refractivity contribution in [1.29, 1.82) is 0 Å². The van der Waals surface area contributed by atoms with Crippen molar-refractivity contribution in [2.75, 3.05) is 24.5 Å². The van der Waals surface area contributed by atoms with E-state index >= 15 is 0 Å². The fourth-order valence-corrected chi connectivity index (χ4v) is 4.14. The first-order valence-corrected chi connectivity index (χ1v) is 10.2. The number of aryl methyl sites for hydroxylation is 2. The van der Waals surface area contributed by atoms with E-state index in [-0.39, 0.29) is 30.0 Å². The Morgan fingerprint density at radius 1 is 1.13 bits per heavy atom. The van der Waals surface area contributed by atoms with E-state index in [4.69, 9.17) is 4.42 Å². The first kappa shape index (κ1) is 21.3. The van der Waals surface area contributed by atoms with Crippen LogP contribution in [-0.4, -0.2) is 46.5 Å². The Morgan fingerprint density at radius 2 is 1.84 bits per heavy atom. The van der Waals surface area contributed by atoms with Gasteiger partial charge in [-0.3, -0.25) is 9.59 Å². The van der Waals surface area contributed by atoms with Gasteiger partial charge in [-0.15, -0.1) is 10.2 Å². The largest absolute Gasteiger partial charge is 0.470 e. The average molecular weight is 436 g/mol. The van der Waals surface area contributed by atoms with Gasteiger partial charge in [0.2, 0.25) is 17.7 Å². The van der Waals surface area contributed by atoms with Crippen molar-refractivity contribution >= 4 is 17.5 Å². The van der Waals surface area contributed by atoms with Gasteiger partial charge in [-0.05, 0) is 49.9 Å². The number of carbonyl (C=O) groups is 2. The van der Waals surface area contributed by atoms with Crippen molar-refractivity contribution in [1.82, 2.24) is 15.1 Å². The van der Waals surface area contributed by atoms with Gasteiger partial charge in [0.05, 0.1) is 5.92 Å². The zero-order valence-corrected chi connectivity index (χ0v) is 17.3. The Balaban J connectivity index is 1.36. The van der Waals surface area contributed by atoms with Crippen molar-refractivity contribution < 1.29 is 27.2 Å². The molecule has 0 saturated carbocycles. The molecule has 31 heavy (non-hydrogen) atoms. The number of halogens is 3. The summed E-state index contributed by atoms with van der Waals surface area (Å²) in [6.45, 7) is 5.06. The lowest BCUT2D eigenvalue weighted by atomic mass is 9.95. The maximum Gasteiger partial charge on any atom is 0.470 e. The van der Waals surface area contributed by atoms with Crippen LogP contribution in [0.15, 0.2) is 22.6 Å². The number of aromatic nitrogens is 2. The van der Waals surface area contributed by atoms with Crippen LogP contribution in [0.1, 0.15) is 48.1 Å². The standard InChI is InChI=1S/C21H23F3N4O3/c1-12-3-4-16(9-13(12)2)28-11-15(10-17(28)29)19(30)27-7-5-14(6-8-27)18-25-26-20(31-18)21(22,23)24/h3-4,9,14-15H,5-8,10-11H2,1-2H3/t15-/m0/s1. The molecule has 1 aromatic carbocycles. The Bertz CT molecular complexity index is 996. The van der Waals surface area contributed by atoms with Crippen molar-refractivity contribution in [3.8, 4) is 0 Å². The number of nitrogens with zero attached hydrogens (tertiary/aromatic N) is 4. The molecule has 2 fully saturated rings. The van der Waals surface area contributed by atoms with Gasteiger partial charge in [-0.1, -0.05) is 6.07 Å². The maximum absolute atomic E-state index is 13.0. The molecule has 0 radical (unpaired) electrons. The fourth-order valence-electron chi connectivity index (χ4n) is 4.14. The van der Waals surface area contributed by atoms with Gasteiger partial charge in [0, 0.05) is 37.7 Å². The molecule has 0 spiro atoms. The maximum atomic E-state index is 13.0. The molecule has 2 aliphatic rings. The molecule has 2 aromatic rings. The minimum Gasteiger partial charge on any atom is -0.417 e. The third kappa shape index (κ3) is 4.28. The van der Waals surface area contributed by atoms with E-state index in [0.717, 1.165) is 16.8 Å². The SMILES string of the molecule is Cc1ccc(N2C[C@@H](C(=O)N3CCC(c4nnc(C(F)(F)F)o4)CC3)CC2=O)cc1C. The summed E-state index contributed by atoms with van der Waals surface area (Å²) in [5, 5.41) is 6.60. The number of carbonyl (C=O) groups excluding carboxylic acids is 2. The van der Waals surface area contributed by atoms with Crippen LogP contribution in [-0.2, 0) is 15.8 Å². The van der Waals surface area contributed by atoms with Crippen LogP contribution < -0.4 is 4.90 Å². The van der Waals surface area contributed by atoms with Crippen LogP contribution in [0.2, 0.25) is 0 Å². The number of alkyl halides is 3. The fraction of sp³-hybridized carbons (Fsp3) is 0.524. The van der Waals surface area contributed by atoms with Crippen molar-refractivity contribution in [3.63, 3.8) is 0 Å². The van der Waals surface area contributed by atoms with Crippen molar-refractivity contribution in [2.24, 2.45) is 5.92 Å². The molecule has 2 saturated heterocycles. The summed E-state index contributed by atoms with van der Waals surface area (Å²) >= 11 is 0. The van der Waals surface area contributed by atoms with Gasteiger partial charge < -0.3 is 14.2 Å². The lowest BCUT2D eigenvalue weighted by Gasteiger charge is -2.32. The zero-order chi connectivity index (χ0) is 22.3. The minimum atomic E-state index is -4.67. The molecule has 0 unspecified atom stereocenters. The number of benzene rings is 1. The summed E-state index contributed by atoms with van der Waals surface area (Å²) in [6, 6.07) is 5.79. The van der Waals surface area contributed by atoms with Gasteiger partial charge in [0.15, 0.2) is 0 Å². The highest BCUT2D eigenvalue weighted by Gasteiger charge is 2.41. The van der Waals surface area contributed by atoms with E-state index in [1.54, 1.807) is 9.80 Å². The van der Waals surface area contributed by atoms with Crippen LogP contribution in [0.3, 0.4) is 0 Å². The van der Waals surface area contributed by atoms with Crippen LogP contribution in [0.4, 0.5) is 18.9 Å². The summed E-state index contributed by atoms with van der Waals surface area (Å²) in [7, 11) is 0. The second-order valence-corrected chi connectivity index (χ2v) is 8.22. The molecule has 2 amide bonds. The molecule has 10 heteroatoms. The lowest BCUT2D eigenvalue weighted by molar-refractivity contribution is -0.157. The Morgan fingerprint density at radius 3 is 2.45 bits per heavy atom. The number of hydrogen-bond acceptors (Lipinski definition) is 5. The lowest BCUT2D eigenvalue weighted by Crippen LogP contribution is -2.42. The van der Waals surface area contributed by atoms with Crippen LogP contribution >= 0.6 is 0 Å². The van der Waals surface area contributed by atoms with Crippen molar-refractivity contribution in [3.05, 3.63) is 41.1 Å². The molecule has 2 aliphatic heterocycles. The Labute approximate surface area is 177 Å². The first-order valence-electron chi connectivity index (χ1n) is 10.2. The molecule has 0 bridgehead atoms. The Kier molecular flexibility index (Phi) is 5.49. The molecule has 1 aromatic heterocycles. The number of hydrogen-bond donors (Lipinski definition) is 0. The minimum absolute atomic E-state index is 0.0450. The number of piperidine rings is 1. The molecule has 0 N–H and O–H groups in total. The van der Waals surface area contributed by atoms with Crippen molar-refractivity contribution in [2.45, 2.75) is 45.2 Å². The number of likely N-dealkylation sites (tertiary alicyclic amines) is 1. The number of amides is 2. The van der Waals surface area contributed by atoms with E-state index < -0.39 is 18.0 Å². The highest BCUT2D eigenvalue weighted by atomic mass is 19.4. The molecule has 3 heterocycles. The van der Waals surface area contributed by atoms with Gasteiger partial charge >= 0.3 is 12.1 Å². The first-order chi connectivity index (χ1) is 14.6. The topological polar surface area (TPSA) is 79.5 Å². The molecule has 1 atom stereocenters. The third-order valence-corrected chi connectivity index (χ3v) is 6.12. The number of anilines is 1. The quantitative estimate of drug-likeness (QED) is 0.736. The average Bonchev–Trinajstić information content (AvgIpc) is 3.37. The summed E-state index contributed by atoms with van der Waals surface area (Å²) in [5.41, 5.74) is 3.00. The molecule has 7 nitrogen and oxygen atoms in total. The van der Waals surface area contributed by atoms with Gasteiger partial charge in [0.1, 0.15) is 0 Å². The van der Waals surface area contributed by atoms with E-state index in [9.17, 15) is 22.8 Å². The summed E-state index contributed by atoms with van der Waals surface area (Å²) in [5.74, 6) is -2.31. The number of rotatable bonds is 3. The molecular formula is C21H23F3N4O3. The normalized spacial score (nSPS) is 20.5. The van der Waals surface area contributed by atoms with E-state index in [2.05, 4.69) is 10.2 Å². The Hall–Kier alpha value is -2.91. The summed E-state index contributed by atoms with van der Waals surface area (Å²) in [4.78, 5) is 28.8. The van der Waals surface area contributed by atoms with E-state index in [1.807, 2.05) is 32.0 Å². The third-order valence-electron chi connectivity index (χ3n) is 6.12. The monoisotopic (exact) mass is 436 g/mol. The highest BCUT2D eigenvalue weighted by Crippen LogP contribution is 2.34. The predicted octanol–water partition coefficient (Wildman–Crippen LogP) is 3.46. The van der Waals surface area contributed by atoms with Crippen LogP contribution in [0, 0.1) is 19.8 Å². The smallest absolute Gasteiger partial charge is 0.417 e. The zero-order valence-electron chi connectivity index (χ0n) is 17.3. The molecule has 0 aliphatic carbocycles. The second kappa shape index (κ2) is 7.97. The van der Waals surface area contributed by atoms with Gasteiger partial charge in [-0.2, -0.15) is 13.2 Å². The molecule has 166 valence electrons. The van der Waals surface area contributed by atoms with Gasteiger partial charge in [-0.25, -0.2) is 0 Å². The summed E-state index contributed by atoms with van der Waals surface area (Å²) in [6.07, 6.45) is -3.64. The van der Waals surface area contributed by atoms with Gasteiger partial charge in [0.25, 0.3) is 0 Å². The molecular weight excluding hydrogens is 413 g/mol. The van der Waals surface area contributed by atoms with E-state index in [1.165, 1.54) is 0 Å². The summed E-state index contributed by atoms with van der Waals surface area (Å²) < 4.78 is 42.7. The highest BCUT2D eigenvalue weighted by molar-refractivity contribution is 6.00. The second-order valence-electron chi connectivity index (χ2n) is 8.22. The predicted molar refractivity (Wildman–Crippen MR) is 104 cm³/mol.